The number of benzene rings is 2. The summed E-state index contributed by atoms with van der Waals surface area (Å²) in [6, 6.07) is 13.0. The van der Waals surface area contributed by atoms with E-state index >= 15 is 0 Å². The molecule has 106 valence electrons. The molecule has 0 atom stereocenters. The van der Waals surface area contributed by atoms with Gasteiger partial charge < -0.3 is 10.5 Å². The van der Waals surface area contributed by atoms with Crippen molar-refractivity contribution in [1.82, 2.24) is 20.2 Å². The summed E-state index contributed by atoms with van der Waals surface area (Å²) in [5.74, 6) is 1.29. The fourth-order valence-electron chi connectivity index (χ4n) is 2.00. The maximum atomic E-state index is 6.01. The Morgan fingerprint density at radius 2 is 2.00 bits per heavy atom. The molecular formula is C14H12BrN5O. The molecule has 0 spiro atoms. The van der Waals surface area contributed by atoms with Crippen LogP contribution in [0.4, 0.5) is 5.69 Å². The van der Waals surface area contributed by atoms with E-state index in [0.717, 1.165) is 21.5 Å². The zero-order valence-corrected chi connectivity index (χ0v) is 12.8. The number of hydrogen-bond acceptors (Lipinski definition) is 5. The third kappa shape index (κ3) is 2.47. The molecule has 0 fully saturated rings. The van der Waals surface area contributed by atoms with Crippen LogP contribution in [0.3, 0.4) is 0 Å². The molecule has 21 heavy (non-hydrogen) atoms. The van der Waals surface area contributed by atoms with Crippen molar-refractivity contribution in [3.8, 4) is 22.8 Å². The average molecular weight is 346 g/mol. The van der Waals surface area contributed by atoms with Crippen molar-refractivity contribution < 1.29 is 4.74 Å². The maximum absolute atomic E-state index is 6.01. The van der Waals surface area contributed by atoms with Crippen LogP contribution in [-0.2, 0) is 0 Å². The van der Waals surface area contributed by atoms with E-state index in [1.807, 2.05) is 42.5 Å². The number of hydrogen-bond donors (Lipinski definition) is 1. The molecule has 7 heteroatoms. The summed E-state index contributed by atoms with van der Waals surface area (Å²) in [5, 5.41) is 11.9. The molecule has 1 aromatic heterocycles. The highest BCUT2D eigenvalue weighted by molar-refractivity contribution is 9.10. The molecule has 3 aromatic rings. The Morgan fingerprint density at radius 1 is 1.19 bits per heavy atom. The zero-order chi connectivity index (χ0) is 14.8. The molecule has 0 radical (unpaired) electrons. The number of rotatable bonds is 3. The second-order valence-corrected chi connectivity index (χ2v) is 5.17. The van der Waals surface area contributed by atoms with E-state index in [-0.39, 0.29) is 0 Å². The van der Waals surface area contributed by atoms with Crippen LogP contribution >= 0.6 is 15.9 Å². The molecule has 1 heterocycles. The van der Waals surface area contributed by atoms with Crippen molar-refractivity contribution in [2.24, 2.45) is 0 Å². The first-order chi connectivity index (χ1) is 10.2. The van der Waals surface area contributed by atoms with E-state index in [4.69, 9.17) is 10.5 Å². The van der Waals surface area contributed by atoms with Gasteiger partial charge in [0.2, 0.25) is 0 Å². The number of para-hydroxylation sites is 1. The monoisotopic (exact) mass is 345 g/mol. The standard InChI is InChI=1S/C14H12BrN5O/c1-21-9-6-7-11(15)13(8-9)20-14(17-18-19-20)10-4-2-3-5-12(10)16/h2-8H,16H2,1H3. The number of anilines is 1. The normalized spacial score (nSPS) is 10.6. The number of ether oxygens (including phenoxy) is 1. The Bertz CT molecular complexity index is 787. The number of halogens is 1. The number of nitrogens with zero attached hydrogens (tertiary/aromatic N) is 4. The van der Waals surface area contributed by atoms with Gasteiger partial charge in [-0.3, -0.25) is 0 Å². The smallest absolute Gasteiger partial charge is 0.189 e. The Kier molecular flexibility index (Phi) is 3.57. The van der Waals surface area contributed by atoms with E-state index in [2.05, 4.69) is 31.5 Å². The third-order valence-electron chi connectivity index (χ3n) is 3.05. The van der Waals surface area contributed by atoms with Gasteiger partial charge in [0.1, 0.15) is 5.75 Å². The lowest BCUT2D eigenvalue weighted by molar-refractivity contribution is 0.414. The summed E-state index contributed by atoms with van der Waals surface area (Å²) in [6.07, 6.45) is 0. The minimum absolute atomic E-state index is 0.571. The van der Waals surface area contributed by atoms with Gasteiger partial charge in [0.25, 0.3) is 0 Å². The summed E-state index contributed by atoms with van der Waals surface area (Å²) in [4.78, 5) is 0. The van der Waals surface area contributed by atoms with Crippen molar-refractivity contribution in [3.05, 3.63) is 46.9 Å². The van der Waals surface area contributed by atoms with Crippen LogP contribution in [0.2, 0.25) is 0 Å². The van der Waals surface area contributed by atoms with Crippen LogP contribution in [0, 0.1) is 0 Å². The SMILES string of the molecule is COc1ccc(Br)c(-n2nnnc2-c2ccccc2N)c1. The van der Waals surface area contributed by atoms with Crippen LogP contribution in [0.15, 0.2) is 46.9 Å². The highest BCUT2D eigenvalue weighted by Crippen LogP contribution is 2.30. The van der Waals surface area contributed by atoms with Gasteiger partial charge in [0.15, 0.2) is 5.82 Å². The highest BCUT2D eigenvalue weighted by atomic mass is 79.9. The minimum Gasteiger partial charge on any atom is -0.497 e. The Labute approximate surface area is 129 Å². The second kappa shape index (κ2) is 5.53. The minimum atomic E-state index is 0.571. The lowest BCUT2D eigenvalue weighted by Crippen LogP contribution is -2.03. The van der Waals surface area contributed by atoms with Crippen LogP contribution in [0.5, 0.6) is 5.75 Å². The largest absolute Gasteiger partial charge is 0.497 e. The summed E-state index contributed by atoms with van der Waals surface area (Å²) >= 11 is 3.50. The molecule has 0 bridgehead atoms. The van der Waals surface area contributed by atoms with Crippen molar-refractivity contribution in [3.63, 3.8) is 0 Å². The molecule has 0 aliphatic rings. The van der Waals surface area contributed by atoms with Crippen LogP contribution in [-0.4, -0.2) is 27.3 Å². The van der Waals surface area contributed by atoms with Crippen molar-refractivity contribution >= 4 is 21.6 Å². The predicted octanol–water partition coefficient (Wildman–Crippen LogP) is 2.68. The summed E-state index contributed by atoms with van der Waals surface area (Å²) in [7, 11) is 1.61. The predicted molar refractivity (Wildman–Crippen MR) is 83.3 cm³/mol. The first-order valence-electron chi connectivity index (χ1n) is 6.18. The molecule has 0 saturated carbocycles. The quantitative estimate of drug-likeness (QED) is 0.738. The maximum Gasteiger partial charge on any atom is 0.189 e. The molecule has 0 aliphatic heterocycles. The lowest BCUT2D eigenvalue weighted by Gasteiger charge is -2.10. The fourth-order valence-corrected chi connectivity index (χ4v) is 2.41. The van der Waals surface area contributed by atoms with E-state index < -0.39 is 0 Å². The Hall–Kier alpha value is -2.41. The topological polar surface area (TPSA) is 78.8 Å². The Morgan fingerprint density at radius 3 is 2.76 bits per heavy atom. The molecule has 0 saturated heterocycles. The second-order valence-electron chi connectivity index (χ2n) is 4.32. The van der Waals surface area contributed by atoms with Crippen LogP contribution in [0.25, 0.3) is 17.1 Å². The number of nitrogen functional groups attached to an aromatic ring is 1. The summed E-state index contributed by atoms with van der Waals surface area (Å²) in [5.41, 5.74) is 8.18. The van der Waals surface area contributed by atoms with Crippen LogP contribution in [0.1, 0.15) is 0 Å². The zero-order valence-electron chi connectivity index (χ0n) is 11.2. The van der Waals surface area contributed by atoms with Crippen molar-refractivity contribution in [2.75, 3.05) is 12.8 Å². The van der Waals surface area contributed by atoms with Gasteiger partial charge in [0, 0.05) is 21.8 Å². The lowest BCUT2D eigenvalue weighted by atomic mass is 10.1. The van der Waals surface area contributed by atoms with Gasteiger partial charge >= 0.3 is 0 Å². The molecule has 0 aliphatic carbocycles. The number of aromatic nitrogens is 4. The fraction of sp³-hybridized carbons (Fsp3) is 0.0714. The van der Waals surface area contributed by atoms with E-state index in [9.17, 15) is 0 Å². The van der Waals surface area contributed by atoms with E-state index in [1.165, 1.54) is 0 Å². The van der Waals surface area contributed by atoms with Gasteiger partial charge in [-0.1, -0.05) is 12.1 Å². The van der Waals surface area contributed by atoms with Gasteiger partial charge in [0.05, 0.1) is 12.8 Å². The van der Waals surface area contributed by atoms with E-state index in [0.29, 0.717) is 11.5 Å². The van der Waals surface area contributed by atoms with Crippen molar-refractivity contribution in [2.45, 2.75) is 0 Å². The van der Waals surface area contributed by atoms with Gasteiger partial charge in [-0.15, -0.1) is 5.10 Å². The van der Waals surface area contributed by atoms with Gasteiger partial charge in [-0.25, -0.2) is 0 Å². The van der Waals surface area contributed by atoms with Crippen LogP contribution < -0.4 is 10.5 Å². The average Bonchev–Trinajstić information content (AvgIpc) is 2.97. The molecule has 3 rings (SSSR count). The van der Waals surface area contributed by atoms with Gasteiger partial charge in [-0.2, -0.15) is 4.68 Å². The summed E-state index contributed by atoms with van der Waals surface area (Å²) < 4.78 is 7.73. The number of nitrogens with two attached hydrogens (primary N) is 1. The van der Waals surface area contributed by atoms with Gasteiger partial charge in [-0.05, 0) is 50.6 Å². The summed E-state index contributed by atoms with van der Waals surface area (Å²) in [6.45, 7) is 0. The number of tetrazole rings is 1. The molecule has 6 nitrogen and oxygen atoms in total. The Balaban J connectivity index is 2.18. The highest BCUT2D eigenvalue weighted by Gasteiger charge is 2.15. The molecule has 2 N–H and O–H groups in total. The molecule has 2 aromatic carbocycles. The third-order valence-corrected chi connectivity index (χ3v) is 3.72. The molecule has 0 unspecified atom stereocenters. The number of methoxy groups -OCH3 is 1. The molecular weight excluding hydrogens is 334 g/mol. The van der Waals surface area contributed by atoms with Crippen molar-refractivity contribution in [1.29, 1.82) is 0 Å². The first kappa shape index (κ1) is 13.6. The first-order valence-corrected chi connectivity index (χ1v) is 6.97. The van der Waals surface area contributed by atoms with E-state index in [1.54, 1.807) is 11.8 Å². The molecule has 0 amide bonds.